The van der Waals surface area contributed by atoms with E-state index in [2.05, 4.69) is 15.9 Å². The topological polar surface area (TPSA) is 32.8 Å². The van der Waals surface area contributed by atoms with Gasteiger partial charge in [-0.05, 0) is 61.1 Å². The molecule has 4 nitrogen and oxygen atoms in total. The van der Waals surface area contributed by atoms with Gasteiger partial charge in [-0.2, -0.15) is 0 Å². The van der Waals surface area contributed by atoms with Crippen LogP contribution in [-0.2, 0) is 11.4 Å². The van der Waals surface area contributed by atoms with Crippen molar-refractivity contribution in [1.29, 1.82) is 0 Å². The summed E-state index contributed by atoms with van der Waals surface area (Å²) in [6, 6.07) is 11.8. The molecule has 0 aromatic heterocycles. The van der Waals surface area contributed by atoms with Gasteiger partial charge < -0.3 is 9.64 Å². The first kappa shape index (κ1) is 19.5. The minimum absolute atomic E-state index is 0.138. The molecule has 0 atom stereocenters. The number of amides is 1. The number of carbonyl (C=O) groups excluding carboxylic acids is 1. The van der Waals surface area contributed by atoms with Crippen molar-refractivity contribution in [3.8, 4) is 5.75 Å². The lowest BCUT2D eigenvalue weighted by Gasteiger charge is -2.14. The van der Waals surface area contributed by atoms with Gasteiger partial charge in [-0.15, -0.1) is 0 Å². The Morgan fingerprint density at radius 3 is 2.70 bits per heavy atom. The first-order valence-corrected chi connectivity index (χ1v) is 9.59. The van der Waals surface area contributed by atoms with Crippen LogP contribution < -0.4 is 4.74 Å². The summed E-state index contributed by atoms with van der Waals surface area (Å²) in [6.07, 6.45) is 1.76. The summed E-state index contributed by atoms with van der Waals surface area (Å²) in [5, 5.41) is 0.478. The van der Waals surface area contributed by atoms with E-state index < -0.39 is 0 Å². The maximum atomic E-state index is 13.4. The van der Waals surface area contributed by atoms with Crippen molar-refractivity contribution < 1.29 is 13.9 Å². The van der Waals surface area contributed by atoms with E-state index in [-0.39, 0.29) is 18.3 Å². The number of nitrogens with zero attached hydrogens (tertiary/aromatic N) is 2. The Balaban J connectivity index is 1.90. The molecule has 0 bridgehead atoms. The molecular weight excluding hydrogens is 431 g/mol. The predicted molar refractivity (Wildman–Crippen MR) is 111 cm³/mol. The number of likely N-dealkylation sites (N-methyl/N-ethyl adjacent to an activating group) is 2. The van der Waals surface area contributed by atoms with Gasteiger partial charge in [0.1, 0.15) is 23.9 Å². The summed E-state index contributed by atoms with van der Waals surface area (Å²) in [4.78, 5) is 15.8. The van der Waals surface area contributed by atoms with Crippen LogP contribution in [0.4, 0.5) is 4.39 Å². The van der Waals surface area contributed by atoms with Crippen LogP contribution in [0, 0.1) is 5.82 Å². The molecule has 1 saturated heterocycles. The molecule has 27 heavy (non-hydrogen) atoms. The van der Waals surface area contributed by atoms with Gasteiger partial charge in [-0.25, -0.2) is 4.39 Å². The molecule has 0 spiro atoms. The van der Waals surface area contributed by atoms with Crippen molar-refractivity contribution in [3.63, 3.8) is 0 Å². The largest absolute Gasteiger partial charge is 0.488 e. The van der Waals surface area contributed by atoms with Crippen LogP contribution in [-0.4, -0.2) is 34.4 Å². The van der Waals surface area contributed by atoms with Gasteiger partial charge in [0, 0.05) is 23.6 Å². The van der Waals surface area contributed by atoms with E-state index in [1.165, 1.54) is 12.1 Å². The summed E-state index contributed by atoms with van der Waals surface area (Å²) in [5.41, 5.74) is 1.94. The normalized spacial score (nSPS) is 15.8. The van der Waals surface area contributed by atoms with Gasteiger partial charge >= 0.3 is 0 Å². The van der Waals surface area contributed by atoms with Gasteiger partial charge in [0.2, 0.25) is 0 Å². The lowest BCUT2D eigenvalue weighted by molar-refractivity contribution is -0.122. The Bertz CT molecular complexity index is 932. The van der Waals surface area contributed by atoms with Crippen LogP contribution in [0.15, 0.2) is 52.6 Å². The summed E-state index contributed by atoms with van der Waals surface area (Å²) >= 11 is 8.78. The third-order valence-electron chi connectivity index (χ3n) is 4.21. The van der Waals surface area contributed by atoms with E-state index in [0.717, 1.165) is 15.6 Å². The highest BCUT2D eigenvalue weighted by Gasteiger charge is 2.34. The van der Waals surface area contributed by atoms with Gasteiger partial charge in [0.25, 0.3) is 5.91 Å². The smallest absolute Gasteiger partial charge is 0.276 e. The molecule has 7 heteroatoms. The van der Waals surface area contributed by atoms with Gasteiger partial charge in [0.05, 0.1) is 0 Å². The van der Waals surface area contributed by atoms with E-state index in [9.17, 15) is 9.18 Å². The first-order chi connectivity index (χ1) is 12.9. The van der Waals surface area contributed by atoms with E-state index in [1.807, 2.05) is 25.1 Å². The van der Waals surface area contributed by atoms with Crippen LogP contribution >= 0.6 is 28.1 Å². The van der Waals surface area contributed by atoms with Gasteiger partial charge in [-0.1, -0.05) is 28.1 Å². The lowest BCUT2D eigenvalue weighted by Crippen LogP contribution is -2.30. The molecular formula is C20H18BrFN2O2S. The molecule has 1 aliphatic heterocycles. The van der Waals surface area contributed by atoms with Crippen molar-refractivity contribution in [2.24, 2.45) is 0 Å². The molecule has 140 valence electrons. The summed E-state index contributed by atoms with van der Waals surface area (Å²) in [5.74, 6) is 0.152. The molecule has 1 heterocycles. The number of carbonyl (C=O) groups is 1. The average Bonchev–Trinajstić information content (AvgIpc) is 2.84. The Morgan fingerprint density at radius 2 is 2.04 bits per heavy atom. The van der Waals surface area contributed by atoms with Crippen LogP contribution in [0.1, 0.15) is 18.1 Å². The number of hydrogen-bond donors (Lipinski definition) is 0. The molecule has 0 radical (unpaired) electrons. The molecule has 2 aromatic rings. The molecule has 0 N–H and O–H groups in total. The molecule has 1 amide bonds. The third-order valence-corrected chi connectivity index (χ3v) is 5.19. The monoisotopic (exact) mass is 448 g/mol. The minimum Gasteiger partial charge on any atom is -0.488 e. The SMILES string of the molecule is CCN1C(=O)/C(=C/c2cc(Br)ccc2OCc2cccc(F)c2)N(C)C1=S. The number of hydrogen-bond acceptors (Lipinski definition) is 3. The Labute approximate surface area is 171 Å². The summed E-state index contributed by atoms with van der Waals surface area (Å²) in [6.45, 7) is 2.62. The Kier molecular flexibility index (Phi) is 5.92. The van der Waals surface area contributed by atoms with Crippen molar-refractivity contribution in [2.45, 2.75) is 13.5 Å². The fourth-order valence-electron chi connectivity index (χ4n) is 2.79. The zero-order chi connectivity index (χ0) is 19.6. The van der Waals surface area contributed by atoms with E-state index >= 15 is 0 Å². The van der Waals surface area contributed by atoms with Crippen molar-refractivity contribution in [1.82, 2.24) is 9.80 Å². The lowest BCUT2D eigenvalue weighted by atomic mass is 10.1. The second-order valence-electron chi connectivity index (χ2n) is 6.02. The predicted octanol–water partition coefficient (Wildman–Crippen LogP) is 4.59. The van der Waals surface area contributed by atoms with Crippen LogP contribution in [0.25, 0.3) is 6.08 Å². The molecule has 2 aromatic carbocycles. The molecule has 3 rings (SSSR count). The zero-order valence-electron chi connectivity index (χ0n) is 14.9. The number of benzene rings is 2. The number of rotatable bonds is 5. The highest BCUT2D eigenvalue weighted by Crippen LogP contribution is 2.29. The summed E-state index contributed by atoms with van der Waals surface area (Å²) < 4.78 is 20.1. The molecule has 0 saturated carbocycles. The van der Waals surface area contributed by atoms with E-state index in [0.29, 0.717) is 23.1 Å². The van der Waals surface area contributed by atoms with E-state index in [4.69, 9.17) is 17.0 Å². The third kappa shape index (κ3) is 4.20. The molecule has 0 aliphatic carbocycles. The number of thiocarbonyl (C=S) groups is 1. The van der Waals surface area contributed by atoms with E-state index in [1.54, 1.807) is 35.1 Å². The van der Waals surface area contributed by atoms with Crippen LogP contribution in [0.2, 0.25) is 0 Å². The number of ether oxygens (including phenoxy) is 1. The van der Waals surface area contributed by atoms with Crippen molar-refractivity contribution in [3.05, 3.63) is 69.6 Å². The summed E-state index contributed by atoms with van der Waals surface area (Å²) in [7, 11) is 1.77. The molecule has 1 aliphatic rings. The molecule has 1 fully saturated rings. The van der Waals surface area contributed by atoms with Crippen LogP contribution in [0.3, 0.4) is 0 Å². The van der Waals surface area contributed by atoms with Gasteiger partial charge in [0.15, 0.2) is 5.11 Å². The second-order valence-corrected chi connectivity index (χ2v) is 7.30. The quantitative estimate of drug-likeness (QED) is 0.494. The standard InChI is InChI=1S/C20H18BrFN2O2S/c1-3-24-19(25)17(23(2)20(24)27)11-14-10-15(21)7-8-18(14)26-12-13-5-4-6-16(22)9-13/h4-11H,3,12H2,1-2H3/b17-11-. The maximum Gasteiger partial charge on any atom is 0.276 e. The zero-order valence-corrected chi connectivity index (χ0v) is 17.3. The first-order valence-electron chi connectivity index (χ1n) is 8.38. The van der Waals surface area contributed by atoms with Crippen molar-refractivity contribution in [2.75, 3.05) is 13.6 Å². The average molecular weight is 449 g/mol. The minimum atomic E-state index is -0.305. The number of halogens is 2. The van der Waals surface area contributed by atoms with Gasteiger partial charge in [-0.3, -0.25) is 9.69 Å². The Hall–Kier alpha value is -2.25. The highest BCUT2D eigenvalue weighted by atomic mass is 79.9. The fraction of sp³-hybridized carbons (Fsp3) is 0.200. The fourth-order valence-corrected chi connectivity index (χ4v) is 3.48. The Morgan fingerprint density at radius 1 is 1.26 bits per heavy atom. The second kappa shape index (κ2) is 8.19. The maximum absolute atomic E-state index is 13.4. The molecule has 0 unspecified atom stereocenters. The highest BCUT2D eigenvalue weighted by molar-refractivity contribution is 9.10. The van der Waals surface area contributed by atoms with Crippen LogP contribution in [0.5, 0.6) is 5.75 Å². The van der Waals surface area contributed by atoms with Crippen molar-refractivity contribution >= 4 is 45.2 Å².